The Morgan fingerprint density at radius 1 is 0.783 bits per heavy atom. The predicted molar refractivity (Wildman–Crippen MR) is 140 cm³/mol. The van der Waals surface area contributed by atoms with Gasteiger partial charge in [-0.05, 0) is 49.2 Å². The summed E-state index contributed by atoms with van der Waals surface area (Å²) in [5, 5.41) is 21.4. The molecule has 0 radical (unpaired) electrons. The van der Waals surface area contributed by atoms with Gasteiger partial charge in [0.05, 0.1) is 13.2 Å². The molecule has 20 heteroatoms. The molecule has 1 unspecified atom stereocenters. The monoisotopic (exact) mass is 680 g/mol. The number of carboxylic acid groups (broad SMARTS) is 3. The molecule has 2 aromatic rings. The third-order valence-electron chi connectivity index (χ3n) is 6.04. The molecule has 4 heterocycles. The zero-order chi connectivity index (χ0) is 35.2. The molecule has 2 aromatic heterocycles. The highest BCUT2D eigenvalue weighted by Crippen LogP contribution is 2.34. The number of carboxylic acids is 3. The number of anilines is 1. The molecule has 258 valence electrons. The van der Waals surface area contributed by atoms with E-state index in [1.54, 1.807) is 0 Å². The lowest BCUT2D eigenvalue weighted by Crippen LogP contribution is -2.50. The van der Waals surface area contributed by atoms with Crippen LogP contribution in [0.5, 0.6) is 0 Å². The predicted octanol–water partition coefficient (Wildman–Crippen LogP) is 4.50. The smallest absolute Gasteiger partial charge is 0.475 e. The first kappa shape index (κ1) is 39.8. The fourth-order valence-electron chi connectivity index (χ4n) is 4.17. The molecule has 46 heavy (non-hydrogen) atoms. The highest BCUT2D eigenvalue weighted by atomic mass is 19.4. The number of piperidine rings is 1. The maximum atomic E-state index is 10.6. The number of hydrogen-bond acceptors (Lipinski definition) is 8. The number of hydrogen-bond donors (Lipinski definition) is 3. The number of alkyl halides is 9. The standard InChI is InChI=1S/C20H26N4O.3C2HF3O2/c1-2-8-22-19(4-1)24-12-13-25-17-20(16-24)7-3-11-23(15-20)14-18-5-9-21-10-6-18;3*3-2(4,5)1(6)7/h1-2,4-6,8-10H,3,7,11-17H2;3*(H,6,7). The molecule has 0 aliphatic carbocycles. The second kappa shape index (κ2) is 17.5. The van der Waals surface area contributed by atoms with Crippen LogP contribution < -0.4 is 4.90 Å². The zero-order valence-electron chi connectivity index (χ0n) is 23.6. The van der Waals surface area contributed by atoms with Crippen molar-refractivity contribution >= 4 is 23.7 Å². The van der Waals surface area contributed by atoms with Crippen molar-refractivity contribution in [2.45, 2.75) is 37.9 Å². The summed E-state index contributed by atoms with van der Waals surface area (Å²) in [5.41, 5.74) is 1.53. The van der Waals surface area contributed by atoms with Crippen LogP contribution in [0.3, 0.4) is 0 Å². The Hall–Kier alpha value is -4.20. The van der Waals surface area contributed by atoms with Crippen molar-refractivity contribution in [2.75, 3.05) is 44.3 Å². The third kappa shape index (κ3) is 15.2. The lowest BCUT2D eigenvalue weighted by molar-refractivity contribution is -0.193. The van der Waals surface area contributed by atoms with Crippen LogP contribution in [-0.2, 0) is 25.7 Å². The summed E-state index contributed by atoms with van der Waals surface area (Å²) in [6.07, 6.45) is -7.16. The first-order valence-electron chi connectivity index (χ1n) is 12.9. The minimum Gasteiger partial charge on any atom is -0.475 e. The Kier molecular flexibility index (Phi) is 15.1. The number of nitrogens with zero attached hydrogens (tertiary/aromatic N) is 4. The molecular formula is C26H29F9N4O7. The van der Waals surface area contributed by atoms with Gasteiger partial charge in [-0.2, -0.15) is 39.5 Å². The summed E-state index contributed by atoms with van der Waals surface area (Å²) in [4.78, 5) is 40.4. The van der Waals surface area contributed by atoms with E-state index in [0.717, 1.165) is 51.8 Å². The minimum atomic E-state index is -5.08. The van der Waals surface area contributed by atoms with Crippen molar-refractivity contribution in [1.29, 1.82) is 0 Å². The summed E-state index contributed by atoms with van der Waals surface area (Å²) < 4.78 is 101. The lowest BCUT2D eigenvalue weighted by atomic mass is 9.80. The second-order valence-electron chi connectivity index (χ2n) is 9.74. The maximum absolute atomic E-state index is 10.6. The summed E-state index contributed by atoms with van der Waals surface area (Å²) >= 11 is 0. The Bertz CT molecular complexity index is 1180. The quantitative estimate of drug-likeness (QED) is 0.393. The summed E-state index contributed by atoms with van der Waals surface area (Å²) in [5.74, 6) is -7.20. The van der Waals surface area contributed by atoms with Gasteiger partial charge < -0.3 is 25.0 Å². The van der Waals surface area contributed by atoms with Crippen molar-refractivity contribution in [1.82, 2.24) is 14.9 Å². The molecule has 1 atom stereocenters. The Balaban J connectivity index is 0.000000413. The van der Waals surface area contributed by atoms with Crippen LogP contribution in [0.1, 0.15) is 18.4 Å². The Labute approximate surface area is 255 Å². The van der Waals surface area contributed by atoms with Gasteiger partial charge in [-0.15, -0.1) is 0 Å². The second-order valence-corrected chi connectivity index (χ2v) is 9.74. The molecule has 2 saturated heterocycles. The SMILES string of the molecule is O=C(O)C(F)(F)F.O=C(O)C(F)(F)F.O=C(O)C(F)(F)F.c1ccc(N2CCOCC3(CCCN(Cc4ccncc4)C3)C2)nc1. The van der Waals surface area contributed by atoms with E-state index in [4.69, 9.17) is 34.4 Å². The molecule has 2 fully saturated rings. The summed E-state index contributed by atoms with van der Waals surface area (Å²) in [6, 6.07) is 10.4. The summed E-state index contributed by atoms with van der Waals surface area (Å²) in [7, 11) is 0. The molecular weight excluding hydrogens is 651 g/mol. The Morgan fingerprint density at radius 3 is 1.76 bits per heavy atom. The van der Waals surface area contributed by atoms with Gasteiger partial charge in [-0.1, -0.05) is 6.07 Å². The zero-order valence-corrected chi connectivity index (χ0v) is 23.6. The highest BCUT2D eigenvalue weighted by molar-refractivity contribution is 5.73. The van der Waals surface area contributed by atoms with Crippen molar-refractivity contribution in [3.63, 3.8) is 0 Å². The van der Waals surface area contributed by atoms with E-state index in [2.05, 4.69) is 44.0 Å². The fraction of sp³-hybridized carbons (Fsp3) is 0.500. The molecule has 0 saturated carbocycles. The van der Waals surface area contributed by atoms with E-state index in [-0.39, 0.29) is 5.41 Å². The average Bonchev–Trinajstić information content (AvgIpc) is 3.16. The van der Waals surface area contributed by atoms with Gasteiger partial charge in [-0.3, -0.25) is 9.88 Å². The number of carbonyl (C=O) groups is 3. The molecule has 2 aliphatic rings. The van der Waals surface area contributed by atoms with Crippen molar-refractivity contribution < 1.29 is 74.0 Å². The summed E-state index contributed by atoms with van der Waals surface area (Å²) in [6.45, 7) is 6.81. The van der Waals surface area contributed by atoms with Gasteiger partial charge in [0.15, 0.2) is 0 Å². The van der Waals surface area contributed by atoms with Gasteiger partial charge >= 0.3 is 36.4 Å². The Morgan fingerprint density at radius 2 is 1.30 bits per heavy atom. The molecule has 1 spiro atoms. The van der Waals surface area contributed by atoms with Gasteiger partial charge in [-0.25, -0.2) is 19.4 Å². The van der Waals surface area contributed by atoms with Gasteiger partial charge in [0.25, 0.3) is 0 Å². The van der Waals surface area contributed by atoms with Crippen molar-refractivity contribution in [3.8, 4) is 0 Å². The molecule has 0 bridgehead atoms. The van der Waals surface area contributed by atoms with E-state index in [1.807, 2.05) is 24.7 Å². The highest BCUT2D eigenvalue weighted by Gasteiger charge is 2.40. The van der Waals surface area contributed by atoms with Crippen LogP contribution in [0, 0.1) is 5.41 Å². The first-order chi connectivity index (χ1) is 21.2. The lowest BCUT2D eigenvalue weighted by Gasteiger charge is -2.43. The van der Waals surface area contributed by atoms with Crippen LogP contribution in [-0.4, -0.2) is 106 Å². The number of aliphatic carboxylic acids is 3. The van der Waals surface area contributed by atoms with E-state index >= 15 is 0 Å². The van der Waals surface area contributed by atoms with Crippen LogP contribution in [0.4, 0.5) is 45.3 Å². The van der Waals surface area contributed by atoms with Crippen LogP contribution >= 0.6 is 0 Å². The van der Waals surface area contributed by atoms with Crippen LogP contribution in [0.2, 0.25) is 0 Å². The number of rotatable bonds is 3. The molecule has 4 rings (SSSR count). The fourth-order valence-corrected chi connectivity index (χ4v) is 4.17. The normalized spacial score (nSPS) is 18.8. The largest absolute Gasteiger partial charge is 0.490 e. The number of ether oxygens (including phenoxy) is 1. The van der Waals surface area contributed by atoms with E-state index in [1.165, 1.54) is 18.4 Å². The molecule has 11 nitrogen and oxygen atoms in total. The van der Waals surface area contributed by atoms with E-state index in [9.17, 15) is 39.5 Å². The molecule has 0 amide bonds. The van der Waals surface area contributed by atoms with Crippen molar-refractivity contribution in [3.05, 3.63) is 54.5 Å². The minimum absolute atomic E-state index is 0.194. The third-order valence-corrected chi connectivity index (χ3v) is 6.04. The number of likely N-dealkylation sites (tertiary alicyclic amines) is 1. The maximum Gasteiger partial charge on any atom is 0.490 e. The number of aromatic nitrogens is 2. The molecule has 3 N–H and O–H groups in total. The van der Waals surface area contributed by atoms with Crippen LogP contribution in [0.15, 0.2) is 48.9 Å². The van der Waals surface area contributed by atoms with Crippen molar-refractivity contribution in [2.24, 2.45) is 5.41 Å². The van der Waals surface area contributed by atoms with Gasteiger partial charge in [0.1, 0.15) is 5.82 Å². The van der Waals surface area contributed by atoms with Crippen LogP contribution in [0.25, 0.3) is 0 Å². The number of halogens is 9. The molecule has 2 aliphatic heterocycles. The van der Waals surface area contributed by atoms with Gasteiger partial charge in [0.2, 0.25) is 0 Å². The number of pyridine rings is 2. The average molecular weight is 681 g/mol. The van der Waals surface area contributed by atoms with E-state index < -0.39 is 36.4 Å². The topological polar surface area (TPSA) is 153 Å². The molecule has 0 aromatic carbocycles. The first-order valence-corrected chi connectivity index (χ1v) is 12.9. The van der Waals surface area contributed by atoms with Gasteiger partial charge in [0, 0.05) is 50.2 Å². The van der Waals surface area contributed by atoms with E-state index in [0.29, 0.717) is 0 Å².